The molecule has 0 saturated heterocycles. The van der Waals surface area contributed by atoms with Crippen molar-refractivity contribution in [1.29, 1.82) is 0 Å². The van der Waals surface area contributed by atoms with Crippen LogP contribution in [0.15, 0.2) is 54.6 Å². The fourth-order valence-electron chi connectivity index (χ4n) is 3.46. The van der Waals surface area contributed by atoms with Gasteiger partial charge in [-0.25, -0.2) is 0 Å². The third-order valence-electron chi connectivity index (χ3n) is 4.97. The van der Waals surface area contributed by atoms with Crippen molar-refractivity contribution in [3.8, 4) is 17.1 Å². The number of nitrogens with zero attached hydrogens (tertiary/aromatic N) is 3. The summed E-state index contributed by atoms with van der Waals surface area (Å²) >= 11 is 0. The molecule has 0 radical (unpaired) electrons. The maximum atomic E-state index is 13.2. The molecule has 7 nitrogen and oxygen atoms in total. The topological polar surface area (TPSA) is 78.3 Å². The van der Waals surface area contributed by atoms with Crippen LogP contribution in [0.25, 0.3) is 11.4 Å². The number of alkyl halides is 3. The second-order valence-corrected chi connectivity index (χ2v) is 7.28. The molecule has 0 aliphatic carbocycles. The molecule has 1 amide bonds. The first-order chi connectivity index (χ1) is 14.8. The van der Waals surface area contributed by atoms with E-state index < -0.39 is 11.9 Å². The van der Waals surface area contributed by atoms with Crippen LogP contribution < -0.4 is 10.1 Å². The van der Waals surface area contributed by atoms with Gasteiger partial charge < -0.3 is 14.8 Å². The molecular formula is C21H19F3N4O3. The second-order valence-electron chi connectivity index (χ2n) is 7.28. The van der Waals surface area contributed by atoms with Crippen LogP contribution in [0.4, 0.5) is 13.2 Å². The number of halogens is 3. The molecule has 0 fully saturated rings. The van der Waals surface area contributed by atoms with E-state index in [1.54, 1.807) is 11.5 Å². The molecule has 10 heteroatoms. The van der Waals surface area contributed by atoms with Gasteiger partial charge in [-0.3, -0.25) is 9.36 Å². The van der Waals surface area contributed by atoms with E-state index in [0.717, 1.165) is 5.56 Å². The first-order valence-electron chi connectivity index (χ1n) is 9.47. The second kappa shape index (κ2) is 8.03. The van der Waals surface area contributed by atoms with E-state index in [1.165, 1.54) is 24.3 Å². The number of rotatable bonds is 5. The van der Waals surface area contributed by atoms with Gasteiger partial charge in [-0.1, -0.05) is 42.5 Å². The minimum atomic E-state index is -4.75. The number of hydrogen-bond donors (Lipinski definition) is 1. The first-order valence-corrected chi connectivity index (χ1v) is 9.47. The zero-order valence-electron chi connectivity index (χ0n) is 16.5. The van der Waals surface area contributed by atoms with Crippen LogP contribution in [-0.4, -0.2) is 33.6 Å². The van der Waals surface area contributed by atoms with Gasteiger partial charge in [0, 0.05) is 12.1 Å². The van der Waals surface area contributed by atoms with Crippen molar-refractivity contribution in [3.63, 3.8) is 0 Å². The van der Waals surface area contributed by atoms with E-state index in [4.69, 9.17) is 4.74 Å². The van der Waals surface area contributed by atoms with E-state index in [9.17, 15) is 18.0 Å². The van der Waals surface area contributed by atoms with Crippen LogP contribution in [0.1, 0.15) is 18.3 Å². The fourth-order valence-corrected chi connectivity index (χ4v) is 3.46. The lowest BCUT2D eigenvalue weighted by molar-refractivity contribution is -0.274. The Bertz CT molecular complexity index is 1070. The number of hydrogen-bond acceptors (Lipinski definition) is 5. The molecule has 1 aliphatic rings. The molecule has 1 N–H and O–H groups in total. The highest BCUT2D eigenvalue weighted by atomic mass is 19.4. The normalized spacial score (nSPS) is 18.3. The Hall–Kier alpha value is -3.40. The lowest BCUT2D eigenvalue weighted by atomic mass is 9.99. The molecule has 2 aromatic carbocycles. The highest BCUT2D eigenvalue weighted by Crippen LogP contribution is 2.31. The number of fused-ring (bicyclic) bond motifs is 1. The van der Waals surface area contributed by atoms with Crippen molar-refractivity contribution >= 4 is 5.91 Å². The molecule has 1 aliphatic heterocycles. The monoisotopic (exact) mass is 432 g/mol. The van der Waals surface area contributed by atoms with E-state index >= 15 is 0 Å². The van der Waals surface area contributed by atoms with E-state index in [-0.39, 0.29) is 31.4 Å². The lowest BCUT2D eigenvalue weighted by Gasteiger charge is -2.35. The number of nitrogens with one attached hydrogen (secondary N) is 1. The average molecular weight is 432 g/mol. The summed E-state index contributed by atoms with van der Waals surface area (Å²) < 4.78 is 48.1. The van der Waals surface area contributed by atoms with Crippen LogP contribution in [0, 0.1) is 0 Å². The van der Waals surface area contributed by atoms with Gasteiger partial charge in [-0.15, -0.1) is 23.4 Å². The average Bonchev–Trinajstić information content (AvgIpc) is 3.18. The summed E-state index contributed by atoms with van der Waals surface area (Å²) in [6, 6.07) is 14.7. The van der Waals surface area contributed by atoms with Crippen LogP contribution in [0.2, 0.25) is 0 Å². The van der Waals surface area contributed by atoms with Crippen molar-refractivity contribution in [3.05, 3.63) is 66.0 Å². The highest BCUT2D eigenvalue weighted by molar-refractivity contribution is 5.85. The number of aromatic nitrogens is 3. The van der Waals surface area contributed by atoms with E-state index in [1.807, 2.05) is 30.3 Å². The van der Waals surface area contributed by atoms with Gasteiger partial charge in [0.1, 0.15) is 17.9 Å². The minimum absolute atomic E-state index is 0.124. The molecule has 1 unspecified atom stereocenters. The summed E-state index contributed by atoms with van der Waals surface area (Å²) in [6.45, 7) is 2.23. The van der Waals surface area contributed by atoms with Crippen molar-refractivity contribution in [2.75, 3.05) is 6.61 Å². The van der Waals surface area contributed by atoms with Gasteiger partial charge in [-0.05, 0) is 24.6 Å². The summed E-state index contributed by atoms with van der Waals surface area (Å²) in [7, 11) is 0. The molecule has 1 atom stereocenters. The predicted molar refractivity (Wildman–Crippen MR) is 104 cm³/mol. The first kappa shape index (κ1) is 20.9. The molecule has 1 aromatic heterocycles. The fraction of sp³-hybridized carbons (Fsp3) is 0.286. The van der Waals surface area contributed by atoms with Crippen molar-refractivity contribution in [2.45, 2.75) is 32.0 Å². The Balaban J connectivity index is 1.52. The van der Waals surface area contributed by atoms with Gasteiger partial charge in [0.25, 0.3) is 0 Å². The smallest absolute Gasteiger partial charge is 0.406 e. The standard InChI is InChI=1S/C21H19F3N4O3/c1-20(19(29)25-11-14-7-9-16(10-8-14)31-21(22,23)24)13-30-12-17-26-27-18(28(17)20)15-5-3-2-4-6-15/h2-10H,11-13H2,1H3,(H,25,29). The molecule has 3 aromatic rings. The van der Waals surface area contributed by atoms with E-state index in [2.05, 4.69) is 20.3 Å². The van der Waals surface area contributed by atoms with E-state index in [0.29, 0.717) is 17.2 Å². The molecule has 31 heavy (non-hydrogen) atoms. The Morgan fingerprint density at radius 2 is 1.87 bits per heavy atom. The van der Waals surface area contributed by atoms with Gasteiger partial charge >= 0.3 is 6.36 Å². The molecule has 2 heterocycles. The van der Waals surface area contributed by atoms with Gasteiger partial charge in [-0.2, -0.15) is 0 Å². The maximum Gasteiger partial charge on any atom is 0.573 e. The summed E-state index contributed by atoms with van der Waals surface area (Å²) in [6.07, 6.45) is -4.75. The minimum Gasteiger partial charge on any atom is -0.406 e. The summed E-state index contributed by atoms with van der Waals surface area (Å²) in [5.74, 6) is 0.458. The van der Waals surface area contributed by atoms with Crippen molar-refractivity contribution in [1.82, 2.24) is 20.1 Å². The van der Waals surface area contributed by atoms with Gasteiger partial charge in [0.05, 0.1) is 6.61 Å². The SMILES string of the molecule is CC1(C(=O)NCc2ccc(OC(F)(F)F)cc2)COCc2nnc(-c3ccccc3)n21. The molecule has 0 saturated carbocycles. The molecule has 162 valence electrons. The third kappa shape index (κ3) is 4.38. The number of benzene rings is 2. The predicted octanol–water partition coefficient (Wildman–Crippen LogP) is 3.41. The Kier molecular flexibility index (Phi) is 5.40. The number of ether oxygens (including phenoxy) is 2. The van der Waals surface area contributed by atoms with Gasteiger partial charge in [0.2, 0.25) is 5.91 Å². The highest BCUT2D eigenvalue weighted by Gasteiger charge is 2.42. The number of carbonyl (C=O) groups is 1. The Labute approximate surface area is 175 Å². The largest absolute Gasteiger partial charge is 0.573 e. The Morgan fingerprint density at radius 3 is 2.55 bits per heavy atom. The van der Waals surface area contributed by atoms with Crippen LogP contribution in [-0.2, 0) is 28.2 Å². The van der Waals surface area contributed by atoms with Crippen LogP contribution in [0.5, 0.6) is 5.75 Å². The lowest BCUT2D eigenvalue weighted by Crippen LogP contribution is -2.52. The van der Waals surface area contributed by atoms with Gasteiger partial charge in [0.15, 0.2) is 11.6 Å². The van der Waals surface area contributed by atoms with Crippen LogP contribution >= 0.6 is 0 Å². The summed E-state index contributed by atoms with van der Waals surface area (Å²) in [5.41, 5.74) is 0.347. The van der Waals surface area contributed by atoms with Crippen molar-refractivity contribution in [2.24, 2.45) is 0 Å². The number of amides is 1. The third-order valence-corrected chi connectivity index (χ3v) is 4.97. The zero-order chi connectivity index (χ0) is 22.1. The van der Waals surface area contributed by atoms with Crippen LogP contribution in [0.3, 0.4) is 0 Å². The molecular weight excluding hydrogens is 413 g/mol. The quantitative estimate of drug-likeness (QED) is 0.669. The van der Waals surface area contributed by atoms with Crippen molar-refractivity contribution < 1.29 is 27.4 Å². The number of carbonyl (C=O) groups excluding carboxylic acids is 1. The Morgan fingerprint density at radius 1 is 1.16 bits per heavy atom. The maximum absolute atomic E-state index is 13.2. The molecule has 4 rings (SSSR count). The molecule has 0 spiro atoms. The summed E-state index contributed by atoms with van der Waals surface area (Å²) in [5, 5.41) is 11.2. The zero-order valence-corrected chi connectivity index (χ0v) is 16.5. The molecule has 0 bridgehead atoms. The summed E-state index contributed by atoms with van der Waals surface area (Å²) in [4.78, 5) is 13.2.